The van der Waals surface area contributed by atoms with Gasteiger partial charge in [0.2, 0.25) is 41.4 Å². The molecular formula is C49H59N11O8S. The Morgan fingerprint density at radius 1 is 0.870 bits per heavy atom. The van der Waals surface area contributed by atoms with Crippen molar-refractivity contribution in [2.75, 3.05) is 13.1 Å². The second kappa shape index (κ2) is 22.7. The molecule has 2 aliphatic rings. The van der Waals surface area contributed by atoms with Crippen LogP contribution >= 0.6 is 11.3 Å². The van der Waals surface area contributed by atoms with Crippen molar-refractivity contribution < 1.29 is 38.4 Å². The van der Waals surface area contributed by atoms with Gasteiger partial charge in [0.25, 0.3) is 0 Å². The molecule has 7 rings (SSSR count). The van der Waals surface area contributed by atoms with E-state index in [0.717, 1.165) is 26.9 Å². The summed E-state index contributed by atoms with van der Waals surface area (Å²) in [4.78, 5) is 115. The van der Waals surface area contributed by atoms with E-state index in [1.165, 1.54) is 4.90 Å². The van der Waals surface area contributed by atoms with Crippen LogP contribution in [0.2, 0.25) is 0 Å². The highest BCUT2D eigenvalue weighted by Crippen LogP contribution is 2.34. The van der Waals surface area contributed by atoms with E-state index in [4.69, 9.17) is 11.5 Å². The SMILES string of the molecule is CC[C@H](C)[C@@H]1CC(=O)[C@H](CC(N)=O)NC(=O)CCC(=O)NCCCC[C@@H](C(N)=O)NC(=O)[C@H](Cc2c[nH]c3ccccc23)NC(=O)[C@@H]2C[C@H](n3cc(-c4ccc(-c5cccs5)cc4)nn3)CN2C1=O. The van der Waals surface area contributed by atoms with Gasteiger partial charge in [0.15, 0.2) is 5.78 Å². The molecular weight excluding hydrogens is 903 g/mol. The van der Waals surface area contributed by atoms with Crippen LogP contribution in [0.15, 0.2) is 78.4 Å². The molecule has 5 aromatic rings. The number of aromatic nitrogens is 4. The number of para-hydroxylation sites is 1. The topological polar surface area (TPSA) is 286 Å². The molecule has 7 atom stereocenters. The summed E-state index contributed by atoms with van der Waals surface area (Å²) in [6.07, 6.45) is 3.44. The number of primary amides is 2. The van der Waals surface area contributed by atoms with Gasteiger partial charge >= 0.3 is 0 Å². The van der Waals surface area contributed by atoms with Gasteiger partial charge < -0.3 is 42.6 Å². The number of carbonyl (C=O) groups excluding carboxylic acids is 8. The van der Waals surface area contributed by atoms with Crippen molar-refractivity contribution in [1.82, 2.24) is 46.1 Å². The number of nitrogens with zero attached hydrogens (tertiary/aromatic N) is 4. The fourth-order valence-corrected chi connectivity index (χ4v) is 9.74. The molecule has 5 heterocycles. The number of H-pyrrole nitrogens is 1. The van der Waals surface area contributed by atoms with Crippen LogP contribution in [0.3, 0.4) is 0 Å². The first-order valence-electron chi connectivity index (χ1n) is 23.4. The summed E-state index contributed by atoms with van der Waals surface area (Å²) in [5, 5.41) is 22.7. The number of nitrogens with one attached hydrogen (secondary N) is 5. The molecule has 2 fully saturated rings. The summed E-state index contributed by atoms with van der Waals surface area (Å²) in [7, 11) is 0. The van der Waals surface area contributed by atoms with Crippen LogP contribution in [0.4, 0.5) is 0 Å². The fourth-order valence-electron chi connectivity index (χ4n) is 9.01. The number of benzene rings is 2. The maximum atomic E-state index is 15.1. The molecule has 2 saturated heterocycles. The number of thiophene rings is 1. The van der Waals surface area contributed by atoms with Gasteiger partial charge in [0, 0.05) is 78.7 Å². The Labute approximate surface area is 402 Å². The molecule has 9 N–H and O–H groups in total. The van der Waals surface area contributed by atoms with E-state index in [0.29, 0.717) is 30.5 Å². The molecule has 2 aliphatic heterocycles. The number of hydrogen-bond acceptors (Lipinski definition) is 11. The Kier molecular flexibility index (Phi) is 16.4. The zero-order valence-electron chi connectivity index (χ0n) is 38.7. The molecule has 19 nitrogen and oxygen atoms in total. The summed E-state index contributed by atoms with van der Waals surface area (Å²) >= 11 is 1.63. The van der Waals surface area contributed by atoms with Gasteiger partial charge in [-0.2, -0.15) is 0 Å². The minimum Gasteiger partial charge on any atom is -0.370 e. The normalized spacial score (nSPS) is 23.4. The minimum absolute atomic E-state index is 0.00211. The Morgan fingerprint density at radius 2 is 1.62 bits per heavy atom. The van der Waals surface area contributed by atoms with E-state index in [1.54, 1.807) is 35.3 Å². The van der Waals surface area contributed by atoms with Crippen molar-refractivity contribution >= 4 is 69.4 Å². The van der Waals surface area contributed by atoms with Crippen LogP contribution in [0, 0.1) is 11.8 Å². The Balaban J connectivity index is 1.24. The third kappa shape index (κ3) is 12.5. The van der Waals surface area contributed by atoms with Crippen LogP contribution < -0.4 is 32.7 Å². The standard InChI is InChI=1S/C49H59N11O8S/c1-3-28(2)34-23-41(61)37(24-43(50)62)54-45(64)18-17-44(63)52-19-7-6-11-36(46(51)65)55-47(66)38(21-31-25-53-35-10-5-4-9-33(31)35)56-48(67)40-22-32(26-59(40)49(34)68)60-27-39(57-58-60)29-13-15-30(16-14-29)42-12-8-20-69-42/h4-5,8-10,12-16,20,25,27-28,32,34,36-38,40,53H,3,6-7,11,17-19,21-24,26H2,1-2H3,(H2,50,62)(H2,51,65)(H,52,63)(H,54,64)(H,55,66)(H,56,67)/t28-,32-,34-,36-,37-,38-,40-/m0/s1. The molecule has 0 unspecified atom stereocenters. The number of aromatic amines is 1. The largest absolute Gasteiger partial charge is 0.370 e. The first kappa shape index (κ1) is 49.7. The van der Waals surface area contributed by atoms with Crippen LogP contribution in [0.1, 0.15) is 83.2 Å². The monoisotopic (exact) mass is 961 g/mol. The Hall–Kier alpha value is -7.22. The summed E-state index contributed by atoms with van der Waals surface area (Å²) in [5.74, 6) is -6.69. The van der Waals surface area contributed by atoms with Crippen molar-refractivity contribution in [2.24, 2.45) is 23.3 Å². The van der Waals surface area contributed by atoms with Crippen LogP contribution in [0.5, 0.6) is 0 Å². The molecule has 2 aromatic carbocycles. The highest BCUT2D eigenvalue weighted by atomic mass is 32.1. The van der Waals surface area contributed by atoms with Gasteiger partial charge in [-0.3, -0.25) is 38.4 Å². The third-order valence-corrected chi connectivity index (χ3v) is 14.1. The van der Waals surface area contributed by atoms with Crippen LogP contribution in [0.25, 0.3) is 32.6 Å². The molecule has 0 saturated carbocycles. The predicted molar refractivity (Wildman–Crippen MR) is 257 cm³/mol. The number of hydrogen-bond donors (Lipinski definition) is 7. The lowest BCUT2D eigenvalue weighted by Crippen LogP contribution is -2.57. The molecule has 0 spiro atoms. The van der Waals surface area contributed by atoms with Crippen molar-refractivity contribution in [3.8, 4) is 21.7 Å². The van der Waals surface area contributed by atoms with Crippen LogP contribution in [-0.2, 0) is 44.8 Å². The Morgan fingerprint density at radius 3 is 2.35 bits per heavy atom. The molecule has 0 aliphatic carbocycles. The average Bonchev–Trinajstić information content (AvgIpc) is 4.19. The average molecular weight is 962 g/mol. The predicted octanol–water partition coefficient (Wildman–Crippen LogP) is 3.06. The lowest BCUT2D eigenvalue weighted by atomic mass is 9.84. The number of fused-ring (bicyclic) bond motifs is 2. The maximum absolute atomic E-state index is 15.1. The molecule has 69 heavy (non-hydrogen) atoms. The summed E-state index contributed by atoms with van der Waals surface area (Å²) in [6.45, 7) is 3.83. The van der Waals surface area contributed by atoms with Crippen molar-refractivity contribution in [2.45, 2.75) is 108 Å². The highest BCUT2D eigenvalue weighted by Gasteiger charge is 2.45. The van der Waals surface area contributed by atoms with E-state index in [-0.39, 0.29) is 45.2 Å². The number of ketones is 1. The molecule has 3 aromatic heterocycles. The van der Waals surface area contributed by atoms with E-state index in [2.05, 4.69) is 36.6 Å². The van der Waals surface area contributed by atoms with Crippen molar-refractivity contribution in [1.29, 1.82) is 0 Å². The quantitative estimate of drug-likeness (QED) is 0.107. The van der Waals surface area contributed by atoms with Gasteiger partial charge in [-0.15, -0.1) is 16.4 Å². The third-order valence-electron chi connectivity index (χ3n) is 13.1. The number of Topliss-reactive ketones (excluding diaryl/α,β-unsaturated/α-hetero) is 1. The van der Waals surface area contributed by atoms with Crippen molar-refractivity contribution in [3.05, 3.63) is 84.0 Å². The van der Waals surface area contributed by atoms with Gasteiger partial charge in [0.1, 0.15) is 23.8 Å². The number of nitrogens with two attached hydrogens (primary N) is 2. The van der Waals surface area contributed by atoms with E-state index >= 15 is 4.79 Å². The van der Waals surface area contributed by atoms with Crippen LogP contribution in [-0.4, -0.2) is 109 Å². The van der Waals surface area contributed by atoms with E-state index in [9.17, 15) is 33.6 Å². The molecule has 0 radical (unpaired) electrons. The Bertz CT molecular complexity index is 2660. The molecule has 0 bridgehead atoms. The van der Waals surface area contributed by atoms with E-state index < -0.39 is 102 Å². The highest BCUT2D eigenvalue weighted by molar-refractivity contribution is 7.13. The fraction of sp³-hybridized carbons (Fsp3) is 0.429. The second-order valence-corrected chi connectivity index (χ2v) is 18.9. The second-order valence-electron chi connectivity index (χ2n) is 17.9. The van der Waals surface area contributed by atoms with Crippen molar-refractivity contribution in [3.63, 3.8) is 0 Å². The van der Waals surface area contributed by atoms with E-state index in [1.807, 2.05) is 73.0 Å². The number of amides is 7. The summed E-state index contributed by atoms with van der Waals surface area (Å²) < 4.78 is 1.61. The summed E-state index contributed by atoms with van der Waals surface area (Å²) in [5.41, 5.74) is 15.3. The molecule has 20 heteroatoms. The first-order chi connectivity index (χ1) is 33.2. The number of rotatable bonds is 10. The maximum Gasteiger partial charge on any atom is 0.243 e. The molecule has 7 amide bonds. The zero-order chi connectivity index (χ0) is 49.2. The van der Waals surface area contributed by atoms with Gasteiger partial charge in [0.05, 0.1) is 24.7 Å². The lowest BCUT2D eigenvalue weighted by Gasteiger charge is -2.32. The molecule has 364 valence electrons. The first-order valence-corrected chi connectivity index (χ1v) is 24.3. The zero-order valence-corrected chi connectivity index (χ0v) is 39.5. The van der Waals surface area contributed by atoms with Gasteiger partial charge in [-0.25, -0.2) is 4.68 Å². The summed E-state index contributed by atoms with van der Waals surface area (Å²) in [6, 6.07) is 13.9. The lowest BCUT2D eigenvalue weighted by molar-refractivity contribution is -0.145. The number of carbonyl (C=O) groups is 8. The van der Waals surface area contributed by atoms with Gasteiger partial charge in [-0.1, -0.05) is 74.0 Å². The smallest absolute Gasteiger partial charge is 0.243 e. The minimum atomic E-state index is -1.38. The van der Waals surface area contributed by atoms with Gasteiger partial charge in [-0.05, 0) is 53.8 Å².